The van der Waals surface area contributed by atoms with E-state index in [2.05, 4.69) is 37.6 Å². The van der Waals surface area contributed by atoms with Gasteiger partial charge in [0.1, 0.15) is 11.3 Å². The summed E-state index contributed by atoms with van der Waals surface area (Å²) >= 11 is 0. The number of para-hydroxylation sites is 2. The molecule has 0 radical (unpaired) electrons. The zero-order valence-electron chi connectivity index (χ0n) is 18.4. The van der Waals surface area contributed by atoms with Crippen LogP contribution in [0.25, 0.3) is 11.1 Å². The van der Waals surface area contributed by atoms with E-state index >= 15 is 0 Å². The highest BCUT2D eigenvalue weighted by molar-refractivity contribution is 5.73. The van der Waals surface area contributed by atoms with Crippen molar-refractivity contribution in [2.75, 3.05) is 48.9 Å². The van der Waals surface area contributed by atoms with Gasteiger partial charge in [-0.05, 0) is 44.3 Å². The Morgan fingerprint density at radius 2 is 1.88 bits per heavy atom. The summed E-state index contributed by atoms with van der Waals surface area (Å²) in [6, 6.07) is 11.9. The largest absolute Gasteiger partial charge is 0.439 e. The average Bonchev–Trinajstić information content (AvgIpc) is 3.11. The minimum absolute atomic E-state index is 0.277. The molecule has 0 amide bonds. The molecule has 2 aromatic heterocycles. The maximum Gasteiger partial charge on any atom is 0.439 e. The van der Waals surface area contributed by atoms with Crippen LogP contribution in [0, 0.1) is 12.7 Å². The van der Waals surface area contributed by atoms with Crippen molar-refractivity contribution in [3.63, 3.8) is 0 Å². The van der Waals surface area contributed by atoms with E-state index in [-0.39, 0.29) is 11.8 Å². The summed E-state index contributed by atoms with van der Waals surface area (Å²) in [5.74, 6) is -0.183. The maximum atomic E-state index is 14.4. The molecule has 1 fully saturated rings. The van der Waals surface area contributed by atoms with E-state index in [1.165, 1.54) is 16.8 Å². The van der Waals surface area contributed by atoms with E-state index in [1.54, 1.807) is 24.4 Å². The summed E-state index contributed by atoms with van der Waals surface area (Å²) in [7, 11) is 2.08. The number of aryl methyl sites for hydroxylation is 1. The van der Waals surface area contributed by atoms with Gasteiger partial charge in [0.05, 0.1) is 0 Å². The Balaban J connectivity index is 1.41. The van der Waals surface area contributed by atoms with Gasteiger partial charge in [-0.15, -0.1) is 0 Å². The van der Waals surface area contributed by atoms with Gasteiger partial charge in [-0.1, -0.05) is 12.1 Å². The predicted octanol–water partition coefficient (Wildman–Crippen LogP) is 3.20. The van der Waals surface area contributed by atoms with Gasteiger partial charge in [-0.3, -0.25) is 5.43 Å². The van der Waals surface area contributed by atoms with Gasteiger partial charge in [0.15, 0.2) is 11.4 Å². The minimum atomic E-state index is -0.550. The van der Waals surface area contributed by atoms with E-state index in [1.807, 2.05) is 19.1 Å². The van der Waals surface area contributed by atoms with Crippen LogP contribution in [0.1, 0.15) is 5.56 Å². The summed E-state index contributed by atoms with van der Waals surface area (Å²) in [6.45, 7) is 5.35. The van der Waals surface area contributed by atoms with Crippen LogP contribution in [-0.2, 0) is 0 Å². The third-order valence-electron chi connectivity index (χ3n) is 5.68. The monoisotopic (exact) mass is 449 g/mol. The smallest absolute Gasteiger partial charge is 0.406 e. The van der Waals surface area contributed by atoms with Crippen molar-refractivity contribution in [1.82, 2.24) is 19.5 Å². The highest BCUT2D eigenvalue weighted by atomic mass is 19.1. The summed E-state index contributed by atoms with van der Waals surface area (Å²) in [5, 5.41) is 3.08. The number of piperazine rings is 1. The van der Waals surface area contributed by atoms with Crippen LogP contribution in [0.4, 0.5) is 27.5 Å². The van der Waals surface area contributed by atoms with Crippen LogP contribution >= 0.6 is 0 Å². The topological polar surface area (TPSA) is 91.5 Å². The average molecular weight is 449 g/mol. The molecule has 170 valence electrons. The van der Waals surface area contributed by atoms with E-state index in [0.29, 0.717) is 22.6 Å². The normalized spacial score (nSPS) is 14.6. The molecule has 1 saturated heterocycles. The Hall–Kier alpha value is -3.92. The summed E-state index contributed by atoms with van der Waals surface area (Å²) in [5.41, 5.74) is 6.15. The number of hydrogen-bond acceptors (Lipinski definition) is 8. The second kappa shape index (κ2) is 8.55. The first-order chi connectivity index (χ1) is 16.0. The molecule has 2 N–H and O–H groups in total. The van der Waals surface area contributed by atoms with Crippen molar-refractivity contribution >= 4 is 34.2 Å². The van der Waals surface area contributed by atoms with Crippen LogP contribution in [0.3, 0.4) is 0 Å². The molecule has 33 heavy (non-hydrogen) atoms. The van der Waals surface area contributed by atoms with Crippen LogP contribution in [-0.4, -0.2) is 52.8 Å². The molecule has 0 spiro atoms. The van der Waals surface area contributed by atoms with Gasteiger partial charge in [0.2, 0.25) is 5.95 Å². The number of likely N-dealkylation sites (N-methyl/N-ethyl adjacent to an activating group) is 1. The number of aromatic nitrogens is 3. The molecule has 0 unspecified atom stereocenters. The Kier molecular flexibility index (Phi) is 5.43. The number of anilines is 4. The molecule has 3 heterocycles. The Morgan fingerprint density at radius 1 is 1.09 bits per heavy atom. The van der Waals surface area contributed by atoms with Crippen molar-refractivity contribution in [2.45, 2.75) is 6.92 Å². The summed E-state index contributed by atoms with van der Waals surface area (Å²) in [6.07, 6.45) is 1.63. The number of nitrogens with one attached hydrogen (secondary N) is 2. The first-order valence-corrected chi connectivity index (χ1v) is 10.7. The molecule has 0 aliphatic carbocycles. The van der Waals surface area contributed by atoms with Crippen molar-refractivity contribution in [1.29, 1.82) is 0 Å². The van der Waals surface area contributed by atoms with Crippen LogP contribution in [0.2, 0.25) is 0 Å². The number of oxazole rings is 1. The fourth-order valence-electron chi connectivity index (χ4n) is 3.82. The Labute approximate surface area is 189 Å². The van der Waals surface area contributed by atoms with Crippen molar-refractivity contribution in [3.8, 4) is 0 Å². The molecule has 0 atom stereocenters. The molecule has 10 heteroatoms. The standard InChI is InChI=1S/C23H24FN7O2/c1-15-14-25-22(27-21(15)28-31-19-5-3-4-6-20(19)33-23(31)32)26-17-11-16(24)12-18(13-17)30-9-7-29(2)8-10-30/h3-6,11-14H,7-10H2,1-2H3,(H2,25,26,27,28). The molecular weight excluding hydrogens is 425 g/mol. The summed E-state index contributed by atoms with van der Waals surface area (Å²) in [4.78, 5) is 25.5. The first-order valence-electron chi connectivity index (χ1n) is 10.7. The van der Waals surface area contributed by atoms with Gasteiger partial charge in [-0.2, -0.15) is 9.66 Å². The lowest BCUT2D eigenvalue weighted by Crippen LogP contribution is -2.44. The zero-order valence-corrected chi connectivity index (χ0v) is 18.4. The highest BCUT2D eigenvalue weighted by Crippen LogP contribution is 2.25. The maximum absolute atomic E-state index is 14.4. The Morgan fingerprint density at radius 3 is 2.70 bits per heavy atom. The van der Waals surface area contributed by atoms with Gasteiger partial charge in [0.25, 0.3) is 0 Å². The van der Waals surface area contributed by atoms with Crippen molar-refractivity contribution < 1.29 is 8.81 Å². The lowest BCUT2D eigenvalue weighted by atomic mass is 10.2. The van der Waals surface area contributed by atoms with Crippen LogP contribution in [0.15, 0.2) is 57.9 Å². The molecule has 0 saturated carbocycles. The molecule has 1 aliphatic heterocycles. The fourth-order valence-corrected chi connectivity index (χ4v) is 3.82. The Bertz CT molecular complexity index is 1360. The second-order valence-corrected chi connectivity index (χ2v) is 8.12. The molecule has 0 bridgehead atoms. The van der Waals surface area contributed by atoms with Gasteiger partial charge in [-0.25, -0.2) is 14.2 Å². The third-order valence-corrected chi connectivity index (χ3v) is 5.68. The fraction of sp³-hybridized carbons (Fsp3) is 0.261. The van der Waals surface area contributed by atoms with E-state index in [9.17, 15) is 9.18 Å². The number of nitrogens with zero attached hydrogens (tertiary/aromatic N) is 5. The minimum Gasteiger partial charge on any atom is -0.406 e. The number of fused-ring (bicyclic) bond motifs is 1. The van der Waals surface area contributed by atoms with Gasteiger partial charge < -0.3 is 19.5 Å². The third kappa shape index (κ3) is 4.37. The first kappa shape index (κ1) is 21.0. The highest BCUT2D eigenvalue weighted by Gasteiger charge is 2.16. The molecule has 4 aromatic rings. The lowest BCUT2D eigenvalue weighted by molar-refractivity contribution is 0.313. The SMILES string of the molecule is Cc1cnc(Nc2cc(F)cc(N3CCN(C)CC3)c2)nc1Nn1c(=O)oc2ccccc21. The van der Waals surface area contributed by atoms with Gasteiger partial charge in [0, 0.05) is 49.3 Å². The molecule has 5 rings (SSSR count). The van der Waals surface area contributed by atoms with Crippen LogP contribution < -0.4 is 21.4 Å². The van der Waals surface area contributed by atoms with E-state index in [0.717, 1.165) is 37.4 Å². The quantitative estimate of drug-likeness (QED) is 0.480. The molecular formula is C23H24FN7O2. The number of halogens is 1. The molecule has 9 nitrogen and oxygen atoms in total. The number of benzene rings is 2. The van der Waals surface area contributed by atoms with Crippen molar-refractivity contribution in [3.05, 3.63) is 70.6 Å². The van der Waals surface area contributed by atoms with Crippen molar-refractivity contribution in [2.24, 2.45) is 0 Å². The predicted molar refractivity (Wildman–Crippen MR) is 126 cm³/mol. The molecule has 1 aliphatic rings. The summed E-state index contributed by atoms with van der Waals surface area (Å²) < 4.78 is 20.9. The van der Waals surface area contributed by atoms with E-state index in [4.69, 9.17) is 4.42 Å². The van der Waals surface area contributed by atoms with E-state index < -0.39 is 5.76 Å². The lowest BCUT2D eigenvalue weighted by Gasteiger charge is -2.34. The zero-order chi connectivity index (χ0) is 22.9. The number of hydrogen-bond donors (Lipinski definition) is 2. The van der Waals surface area contributed by atoms with Crippen LogP contribution in [0.5, 0.6) is 0 Å². The number of rotatable bonds is 5. The van der Waals surface area contributed by atoms with Gasteiger partial charge >= 0.3 is 5.76 Å². The molecule has 2 aromatic carbocycles. The second-order valence-electron chi connectivity index (χ2n) is 8.12.